The van der Waals surface area contributed by atoms with Crippen LogP contribution in [-0.2, 0) is 27.0 Å². The molecule has 184 valence electrons. The van der Waals surface area contributed by atoms with Gasteiger partial charge in [0, 0.05) is 13.2 Å². The number of aryl methyl sites for hydroxylation is 1. The maximum absolute atomic E-state index is 6.21. The summed E-state index contributed by atoms with van der Waals surface area (Å²) < 4.78 is 18.4. The van der Waals surface area contributed by atoms with E-state index in [1.165, 1.54) is 30.4 Å². The van der Waals surface area contributed by atoms with Gasteiger partial charge >= 0.3 is 7.12 Å². The second-order valence-corrected chi connectivity index (χ2v) is 11.2. The Bertz CT molecular complexity index is 889. The van der Waals surface area contributed by atoms with Gasteiger partial charge in [0.2, 0.25) is 0 Å². The Morgan fingerprint density at radius 1 is 0.853 bits per heavy atom. The minimum absolute atomic E-state index is 0.294. The normalized spacial score (nSPS) is 21.6. The molecule has 5 heteroatoms. The number of benzene rings is 2. The SMILES string of the molecule is CCOCC1(CCc2ccccc2)CCN(Cc2ccc(B3OC(C)(C)C(C)(C)O3)cc2)CC1. The molecule has 2 aromatic carbocycles. The molecule has 0 aromatic heterocycles. The van der Waals surface area contributed by atoms with Gasteiger partial charge in [0.05, 0.1) is 17.8 Å². The van der Waals surface area contributed by atoms with Crippen LogP contribution in [-0.4, -0.2) is 49.5 Å². The maximum Gasteiger partial charge on any atom is 0.494 e. The van der Waals surface area contributed by atoms with Crippen LogP contribution in [0.3, 0.4) is 0 Å². The first-order chi connectivity index (χ1) is 16.2. The predicted molar refractivity (Wildman–Crippen MR) is 140 cm³/mol. The van der Waals surface area contributed by atoms with Crippen molar-refractivity contribution < 1.29 is 14.0 Å². The van der Waals surface area contributed by atoms with Gasteiger partial charge in [-0.2, -0.15) is 0 Å². The van der Waals surface area contributed by atoms with Crippen LogP contribution in [0.4, 0.5) is 0 Å². The molecule has 0 aliphatic carbocycles. The minimum atomic E-state index is -0.307. The third-order valence-electron chi connectivity index (χ3n) is 8.23. The average molecular weight is 463 g/mol. The van der Waals surface area contributed by atoms with Crippen molar-refractivity contribution in [2.75, 3.05) is 26.3 Å². The highest BCUT2D eigenvalue weighted by Crippen LogP contribution is 2.38. The zero-order chi connectivity index (χ0) is 24.2. The summed E-state index contributed by atoms with van der Waals surface area (Å²) in [6.45, 7) is 15.4. The van der Waals surface area contributed by atoms with Gasteiger partial charge in [-0.3, -0.25) is 4.90 Å². The Balaban J connectivity index is 1.31. The highest BCUT2D eigenvalue weighted by molar-refractivity contribution is 6.62. The van der Waals surface area contributed by atoms with E-state index in [4.69, 9.17) is 14.0 Å². The molecule has 0 atom stereocenters. The van der Waals surface area contributed by atoms with E-state index in [-0.39, 0.29) is 18.3 Å². The lowest BCUT2D eigenvalue weighted by Gasteiger charge is -2.42. The lowest BCUT2D eigenvalue weighted by molar-refractivity contribution is -0.00232. The van der Waals surface area contributed by atoms with E-state index in [0.717, 1.165) is 44.7 Å². The van der Waals surface area contributed by atoms with Crippen LogP contribution in [0.2, 0.25) is 0 Å². The molecule has 0 saturated carbocycles. The molecular formula is C29H42BNO3. The topological polar surface area (TPSA) is 30.9 Å². The van der Waals surface area contributed by atoms with Gasteiger partial charge in [0.25, 0.3) is 0 Å². The summed E-state index contributed by atoms with van der Waals surface area (Å²) in [5.41, 5.74) is 3.56. The van der Waals surface area contributed by atoms with Crippen molar-refractivity contribution in [1.82, 2.24) is 4.90 Å². The fraction of sp³-hybridized carbons (Fsp3) is 0.586. The summed E-state index contributed by atoms with van der Waals surface area (Å²) in [6, 6.07) is 19.7. The predicted octanol–water partition coefficient (Wildman–Crippen LogP) is 5.24. The van der Waals surface area contributed by atoms with E-state index < -0.39 is 0 Å². The third-order valence-corrected chi connectivity index (χ3v) is 8.23. The number of likely N-dealkylation sites (tertiary alicyclic amines) is 1. The summed E-state index contributed by atoms with van der Waals surface area (Å²) in [5.74, 6) is 0. The van der Waals surface area contributed by atoms with Crippen molar-refractivity contribution in [2.45, 2.75) is 78.0 Å². The van der Waals surface area contributed by atoms with Gasteiger partial charge in [-0.15, -0.1) is 0 Å². The Morgan fingerprint density at radius 3 is 2.06 bits per heavy atom. The van der Waals surface area contributed by atoms with Gasteiger partial charge in [0.1, 0.15) is 0 Å². The molecule has 2 aliphatic heterocycles. The Hall–Kier alpha value is -1.66. The molecule has 0 N–H and O–H groups in total. The van der Waals surface area contributed by atoms with Crippen LogP contribution < -0.4 is 5.46 Å². The molecule has 0 radical (unpaired) electrons. The second kappa shape index (κ2) is 10.5. The molecule has 2 saturated heterocycles. The van der Waals surface area contributed by atoms with Crippen LogP contribution in [0.15, 0.2) is 54.6 Å². The zero-order valence-electron chi connectivity index (χ0n) is 21.8. The van der Waals surface area contributed by atoms with Gasteiger partial charge in [-0.25, -0.2) is 0 Å². The number of hydrogen-bond donors (Lipinski definition) is 0. The largest absolute Gasteiger partial charge is 0.494 e. The molecule has 2 aromatic rings. The van der Waals surface area contributed by atoms with Crippen LogP contribution >= 0.6 is 0 Å². The number of rotatable bonds is 9. The molecule has 2 aliphatic rings. The van der Waals surface area contributed by atoms with Crippen molar-refractivity contribution in [3.63, 3.8) is 0 Å². The molecule has 0 amide bonds. The summed E-state index contributed by atoms with van der Waals surface area (Å²) in [7, 11) is -0.294. The van der Waals surface area contributed by atoms with Gasteiger partial charge in [-0.05, 0) is 95.4 Å². The fourth-order valence-electron chi connectivity index (χ4n) is 5.04. The Kier molecular flexibility index (Phi) is 7.88. The van der Waals surface area contributed by atoms with Gasteiger partial charge in [0.15, 0.2) is 0 Å². The lowest BCUT2D eigenvalue weighted by Crippen LogP contribution is -2.42. The molecule has 4 rings (SSSR count). The monoisotopic (exact) mass is 463 g/mol. The Labute approximate surface area is 207 Å². The molecule has 0 bridgehead atoms. The second-order valence-electron chi connectivity index (χ2n) is 11.2. The molecule has 0 unspecified atom stereocenters. The van der Waals surface area contributed by atoms with E-state index in [1.54, 1.807) is 0 Å². The molecule has 34 heavy (non-hydrogen) atoms. The van der Waals surface area contributed by atoms with Gasteiger partial charge < -0.3 is 14.0 Å². The number of hydrogen-bond acceptors (Lipinski definition) is 4. The van der Waals surface area contributed by atoms with Crippen molar-refractivity contribution in [2.24, 2.45) is 5.41 Å². The summed E-state index contributed by atoms with van der Waals surface area (Å²) in [6.07, 6.45) is 4.74. The molecule has 2 fully saturated rings. The molecule has 2 heterocycles. The smallest absolute Gasteiger partial charge is 0.399 e. The van der Waals surface area contributed by atoms with Crippen molar-refractivity contribution >= 4 is 12.6 Å². The van der Waals surface area contributed by atoms with Crippen molar-refractivity contribution in [3.05, 3.63) is 65.7 Å². The first kappa shape index (κ1) is 25.4. The highest BCUT2D eigenvalue weighted by Gasteiger charge is 2.51. The van der Waals surface area contributed by atoms with Crippen LogP contribution in [0.5, 0.6) is 0 Å². The van der Waals surface area contributed by atoms with E-state index in [9.17, 15) is 0 Å². The summed E-state index contributed by atoms with van der Waals surface area (Å²) >= 11 is 0. The van der Waals surface area contributed by atoms with Crippen LogP contribution in [0.1, 0.15) is 65.0 Å². The average Bonchev–Trinajstić information content (AvgIpc) is 3.06. The van der Waals surface area contributed by atoms with E-state index in [2.05, 4.69) is 94.1 Å². The van der Waals surface area contributed by atoms with E-state index >= 15 is 0 Å². The lowest BCUT2D eigenvalue weighted by atomic mass is 9.74. The van der Waals surface area contributed by atoms with Crippen molar-refractivity contribution in [3.8, 4) is 0 Å². The standard InChI is InChI=1S/C29H42BNO3/c1-6-32-23-29(17-16-24-10-8-7-9-11-24)18-20-31(21-19-29)22-25-12-14-26(15-13-25)30-33-27(2,3)28(4,5)34-30/h7-15H,6,16-23H2,1-5H3. The third kappa shape index (κ3) is 5.94. The highest BCUT2D eigenvalue weighted by atomic mass is 16.7. The number of nitrogens with zero attached hydrogens (tertiary/aromatic N) is 1. The zero-order valence-corrected chi connectivity index (χ0v) is 21.8. The van der Waals surface area contributed by atoms with E-state index in [0.29, 0.717) is 5.41 Å². The molecular weight excluding hydrogens is 421 g/mol. The molecule has 0 spiro atoms. The van der Waals surface area contributed by atoms with Crippen LogP contribution in [0.25, 0.3) is 0 Å². The van der Waals surface area contributed by atoms with Crippen molar-refractivity contribution in [1.29, 1.82) is 0 Å². The van der Waals surface area contributed by atoms with Crippen LogP contribution in [0, 0.1) is 5.41 Å². The Morgan fingerprint density at radius 2 is 1.47 bits per heavy atom. The summed E-state index contributed by atoms with van der Waals surface area (Å²) in [5, 5.41) is 0. The number of ether oxygens (including phenoxy) is 1. The fourth-order valence-corrected chi connectivity index (χ4v) is 5.04. The summed E-state index contributed by atoms with van der Waals surface area (Å²) in [4.78, 5) is 2.59. The number of piperidine rings is 1. The van der Waals surface area contributed by atoms with E-state index in [1.807, 2.05) is 0 Å². The first-order valence-corrected chi connectivity index (χ1v) is 13.0. The minimum Gasteiger partial charge on any atom is -0.399 e. The maximum atomic E-state index is 6.21. The van der Waals surface area contributed by atoms with Gasteiger partial charge in [-0.1, -0.05) is 54.6 Å². The molecule has 4 nitrogen and oxygen atoms in total. The quantitative estimate of drug-likeness (QED) is 0.476. The first-order valence-electron chi connectivity index (χ1n) is 13.0.